The molecule has 1 atom stereocenters. The number of hydrogen-bond acceptors (Lipinski definition) is 5. The summed E-state index contributed by atoms with van der Waals surface area (Å²) in [7, 11) is 0. The molecule has 30 heavy (non-hydrogen) atoms. The number of anilines is 1. The van der Waals surface area contributed by atoms with E-state index in [0.717, 1.165) is 11.1 Å². The molecule has 2 aromatic carbocycles. The highest BCUT2D eigenvalue weighted by Gasteiger charge is 2.45. The molecule has 0 saturated carbocycles. The number of phenols is 1. The Morgan fingerprint density at radius 3 is 2.37 bits per heavy atom. The molecular formula is C23H18ClNO5. The number of Topliss-reactive ketones (excluding diaryl/α,β-unsaturated/α-hetero) is 1. The van der Waals surface area contributed by atoms with Gasteiger partial charge < -0.3 is 14.6 Å². The van der Waals surface area contributed by atoms with Gasteiger partial charge in [-0.2, -0.15) is 0 Å². The molecule has 0 fully saturated rings. The van der Waals surface area contributed by atoms with Gasteiger partial charge in [0.15, 0.2) is 11.5 Å². The maximum Gasteiger partial charge on any atom is 0.294 e. The minimum atomic E-state index is -0.950. The summed E-state index contributed by atoms with van der Waals surface area (Å²) in [5, 5.41) is 20.6. The van der Waals surface area contributed by atoms with Crippen molar-refractivity contribution in [2.24, 2.45) is 0 Å². The Morgan fingerprint density at radius 1 is 1.07 bits per heavy atom. The molecule has 4 rings (SSSR count). The fraction of sp³-hybridized carbons (Fsp3) is 0.130. The van der Waals surface area contributed by atoms with Crippen molar-refractivity contribution in [2.75, 3.05) is 4.90 Å². The molecule has 1 aliphatic rings. The molecule has 1 aliphatic heterocycles. The second kappa shape index (κ2) is 7.39. The summed E-state index contributed by atoms with van der Waals surface area (Å²) >= 11 is 6.10. The minimum absolute atomic E-state index is 0.00139. The summed E-state index contributed by atoms with van der Waals surface area (Å²) in [6, 6.07) is 12.0. The smallest absolute Gasteiger partial charge is 0.294 e. The van der Waals surface area contributed by atoms with Crippen molar-refractivity contribution < 1.29 is 24.2 Å². The Labute approximate surface area is 177 Å². The highest BCUT2D eigenvalue weighted by Crippen LogP contribution is 2.43. The van der Waals surface area contributed by atoms with Crippen LogP contribution < -0.4 is 4.90 Å². The number of furan rings is 1. The molecule has 0 saturated heterocycles. The first-order valence-corrected chi connectivity index (χ1v) is 9.57. The van der Waals surface area contributed by atoms with Gasteiger partial charge in [-0.25, -0.2) is 0 Å². The molecule has 1 amide bonds. The average Bonchev–Trinajstić information content (AvgIpc) is 3.31. The third kappa shape index (κ3) is 3.25. The maximum atomic E-state index is 13.1. The Bertz CT molecular complexity index is 1180. The van der Waals surface area contributed by atoms with Gasteiger partial charge in [0.05, 0.1) is 22.9 Å². The van der Waals surface area contributed by atoms with Gasteiger partial charge in [0.2, 0.25) is 5.78 Å². The number of benzene rings is 2. The summed E-state index contributed by atoms with van der Waals surface area (Å²) in [5.41, 5.74) is 2.72. The highest BCUT2D eigenvalue weighted by molar-refractivity contribution is 6.32. The van der Waals surface area contributed by atoms with Crippen LogP contribution in [0.25, 0.3) is 0 Å². The van der Waals surface area contributed by atoms with Crippen LogP contribution in [-0.4, -0.2) is 21.9 Å². The Kier molecular flexibility index (Phi) is 4.87. The van der Waals surface area contributed by atoms with Gasteiger partial charge in [0, 0.05) is 5.69 Å². The highest BCUT2D eigenvalue weighted by atomic mass is 35.5. The Balaban J connectivity index is 1.93. The number of aromatic hydroxyl groups is 1. The minimum Gasteiger partial charge on any atom is -0.506 e. The number of amides is 1. The monoisotopic (exact) mass is 423 g/mol. The van der Waals surface area contributed by atoms with Crippen molar-refractivity contribution in [3.63, 3.8) is 0 Å². The third-order valence-corrected chi connectivity index (χ3v) is 5.27. The first-order valence-electron chi connectivity index (χ1n) is 9.19. The van der Waals surface area contributed by atoms with Crippen molar-refractivity contribution in [1.29, 1.82) is 0 Å². The number of hydrogen-bond donors (Lipinski definition) is 2. The second-order valence-corrected chi connectivity index (χ2v) is 7.61. The summed E-state index contributed by atoms with van der Waals surface area (Å²) in [6.45, 7) is 3.79. The quantitative estimate of drug-likeness (QED) is 0.574. The van der Waals surface area contributed by atoms with Crippen LogP contribution in [0.2, 0.25) is 5.02 Å². The normalized spacial score (nSPS) is 16.4. The standard InChI is InChI=1S/C23H18ClNO5/c1-12-8-13(2)10-15(9-12)25-20(14-5-6-17(26)16(24)11-14)19(22(28)23(25)29)21(27)18-4-3-7-30-18/h3-11,20,26,28H,1-2H3. The molecule has 2 heterocycles. The van der Waals surface area contributed by atoms with Gasteiger partial charge >= 0.3 is 0 Å². The molecular weight excluding hydrogens is 406 g/mol. The van der Waals surface area contributed by atoms with E-state index in [9.17, 15) is 19.8 Å². The number of halogens is 1. The average molecular weight is 424 g/mol. The molecule has 1 aromatic heterocycles. The van der Waals surface area contributed by atoms with E-state index < -0.39 is 23.5 Å². The summed E-state index contributed by atoms with van der Waals surface area (Å²) in [5.74, 6) is -2.09. The maximum absolute atomic E-state index is 13.1. The molecule has 0 aliphatic carbocycles. The number of phenolic OH excluding ortho intramolecular Hbond substituents is 1. The van der Waals surface area contributed by atoms with E-state index in [-0.39, 0.29) is 22.1 Å². The summed E-state index contributed by atoms with van der Waals surface area (Å²) < 4.78 is 5.21. The van der Waals surface area contributed by atoms with Gasteiger partial charge in [0.25, 0.3) is 5.91 Å². The third-order valence-electron chi connectivity index (χ3n) is 4.97. The SMILES string of the molecule is Cc1cc(C)cc(N2C(=O)C(O)=C(C(=O)c3ccco3)C2c2ccc(O)c(Cl)c2)c1. The molecule has 152 valence electrons. The van der Waals surface area contributed by atoms with E-state index in [4.69, 9.17) is 16.0 Å². The molecule has 1 unspecified atom stereocenters. The number of carbonyl (C=O) groups is 2. The van der Waals surface area contributed by atoms with Crippen LogP contribution >= 0.6 is 11.6 Å². The topological polar surface area (TPSA) is 91.0 Å². The first-order chi connectivity index (χ1) is 14.3. The van der Waals surface area contributed by atoms with E-state index >= 15 is 0 Å². The van der Waals surface area contributed by atoms with E-state index in [1.54, 1.807) is 24.3 Å². The van der Waals surface area contributed by atoms with Crippen LogP contribution in [0.4, 0.5) is 5.69 Å². The number of carbonyl (C=O) groups excluding carboxylic acids is 2. The van der Waals surface area contributed by atoms with Crippen LogP contribution in [0.5, 0.6) is 5.75 Å². The summed E-state index contributed by atoms with van der Waals surface area (Å²) in [6.07, 6.45) is 1.34. The lowest BCUT2D eigenvalue weighted by molar-refractivity contribution is -0.117. The summed E-state index contributed by atoms with van der Waals surface area (Å²) in [4.78, 5) is 27.6. The number of aliphatic hydroxyl groups is 1. The lowest BCUT2D eigenvalue weighted by Crippen LogP contribution is -2.31. The lowest BCUT2D eigenvalue weighted by atomic mass is 9.94. The zero-order valence-electron chi connectivity index (χ0n) is 16.2. The number of aliphatic hydroxyl groups excluding tert-OH is 1. The number of nitrogens with zero attached hydrogens (tertiary/aromatic N) is 1. The van der Waals surface area contributed by atoms with Gasteiger partial charge in [-0.05, 0) is 66.9 Å². The van der Waals surface area contributed by atoms with Gasteiger partial charge in [0.1, 0.15) is 5.75 Å². The van der Waals surface area contributed by atoms with Gasteiger partial charge in [-0.1, -0.05) is 23.7 Å². The van der Waals surface area contributed by atoms with E-state index in [1.165, 1.54) is 29.4 Å². The molecule has 0 bridgehead atoms. The van der Waals surface area contributed by atoms with Gasteiger partial charge in [-0.3, -0.25) is 14.5 Å². The van der Waals surface area contributed by atoms with Crippen molar-refractivity contribution >= 4 is 29.0 Å². The van der Waals surface area contributed by atoms with E-state index in [2.05, 4.69) is 0 Å². The van der Waals surface area contributed by atoms with Crippen LogP contribution in [0, 0.1) is 13.8 Å². The molecule has 3 aromatic rings. The molecule has 2 N–H and O–H groups in total. The zero-order valence-corrected chi connectivity index (χ0v) is 17.0. The van der Waals surface area contributed by atoms with Crippen molar-refractivity contribution in [1.82, 2.24) is 0 Å². The zero-order chi connectivity index (χ0) is 21.6. The Morgan fingerprint density at radius 2 is 1.77 bits per heavy atom. The molecule has 0 spiro atoms. The molecule has 6 nitrogen and oxygen atoms in total. The van der Waals surface area contributed by atoms with E-state index in [0.29, 0.717) is 11.3 Å². The predicted octanol–water partition coefficient (Wildman–Crippen LogP) is 5.04. The number of aryl methyl sites for hydroxylation is 2. The van der Waals surface area contributed by atoms with Crippen LogP contribution in [0.15, 0.2) is 70.5 Å². The van der Waals surface area contributed by atoms with Crippen LogP contribution in [0.3, 0.4) is 0 Å². The second-order valence-electron chi connectivity index (χ2n) is 7.20. The van der Waals surface area contributed by atoms with E-state index in [1.807, 2.05) is 19.9 Å². The van der Waals surface area contributed by atoms with Crippen molar-refractivity contribution in [3.05, 3.63) is 93.6 Å². The number of rotatable bonds is 4. The van der Waals surface area contributed by atoms with Gasteiger partial charge in [-0.15, -0.1) is 0 Å². The van der Waals surface area contributed by atoms with Crippen LogP contribution in [-0.2, 0) is 4.79 Å². The molecule has 0 radical (unpaired) electrons. The van der Waals surface area contributed by atoms with Crippen molar-refractivity contribution in [2.45, 2.75) is 19.9 Å². The van der Waals surface area contributed by atoms with Crippen molar-refractivity contribution in [3.8, 4) is 5.75 Å². The lowest BCUT2D eigenvalue weighted by Gasteiger charge is -2.27. The molecule has 7 heteroatoms. The van der Waals surface area contributed by atoms with Crippen LogP contribution in [0.1, 0.15) is 33.3 Å². The fourth-order valence-corrected chi connectivity index (χ4v) is 3.93. The first kappa shape index (κ1) is 19.8. The largest absolute Gasteiger partial charge is 0.506 e. The fourth-order valence-electron chi connectivity index (χ4n) is 3.74. The predicted molar refractivity (Wildman–Crippen MR) is 112 cm³/mol. The Hall–Kier alpha value is -3.51. The number of ketones is 1.